The lowest BCUT2D eigenvalue weighted by atomic mass is 10.0. The molecular formula is C62H38N4O. The molecule has 0 radical (unpaired) electrons. The quantitative estimate of drug-likeness (QED) is 0.170. The van der Waals surface area contributed by atoms with Crippen molar-refractivity contribution in [1.29, 1.82) is 0 Å². The SMILES string of the molecule is c1ccc(-n2c3ccc(-c4ccc(-n5c6ccc(-n7c8ccccc8c8ccccc87)cc6c6cc(-n7c8ccccc8c8ccccc87)ccc65)cc4)cc3c3c4ccccc4oc32)cc1. The van der Waals surface area contributed by atoms with Gasteiger partial charge >= 0.3 is 0 Å². The monoisotopic (exact) mass is 854 g/mol. The summed E-state index contributed by atoms with van der Waals surface area (Å²) in [6.07, 6.45) is 0. The molecule has 0 fully saturated rings. The van der Waals surface area contributed by atoms with Crippen molar-refractivity contribution in [3.63, 3.8) is 0 Å². The van der Waals surface area contributed by atoms with E-state index in [4.69, 9.17) is 4.42 Å². The van der Waals surface area contributed by atoms with Gasteiger partial charge in [-0.2, -0.15) is 0 Å². The maximum absolute atomic E-state index is 6.59. The molecule has 0 amide bonds. The van der Waals surface area contributed by atoms with Crippen molar-refractivity contribution in [3.05, 3.63) is 231 Å². The second-order valence-electron chi connectivity index (χ2n) is 17.7. The zero-order valence-corrected chi connectivity index (χ0v) is 36.1. The Bertz CT molecular complexity index is 4220. The largest absolute Gasteiger partial charge is 0.439 e. The second kappa shape index (κ2) is 13.7. The smallest absolute Gasteiger partial charge is 0.213 e. The van der Waals surface area contributed by atoms with Gasteiger partial charge in [-0.1, -0.05) is 127 Å². The molecule has 0 atom stereocenters. The van der Waals surface area contributed by atoms with Crippen LogP contribution in [0.3, 0.4) is 0 Å². The minimum atomic E-state index is 0.865. The Labute approximate surface area is 383 Å². The predicted molar refractivity (Wildman–Crippen MR) is 279 cm³/mol. The van der Waals surface area contributed by atoms with E-state index in [9.17, 15) is 0 Å². The van der Waals surface area contributed by atoms with E-state index in [0.29, 0.717) is 0 Å². The Balaban J connectivity index is 0.927. The van der Waals surface area contributed by atoms with Crippen LogP contribution in [-0.4, -0.2) is 18.3 Å². The molecule has 0 unspecified atom stereocenters. The maximum atomic E-state index is 6.59. The van der Waals surface area contributed by atoms with E-state index in [1.165, 1.54) is 59.8 Å². The lowest BCUT2D eigenvalue weighted by Crippen LogP contribution is -1.96. The summed E-state index contributed by atoms with van der Waals surface area (Å²) in [5.74, 6) is 0. The van der Waals surface area contributed by atoms with Crippen molar-refractivity contribution >= 4 is 98.4 Å². The summed E-state index contributed by atoms with van der Waals surface area (Å²) < 4.78 is 16.1. The van der Waals surface area contributed by atoms with E-state index in [-0.39, 0.29) is 0 Å². The molecule has 0 bridgehead atoms. The Kier molecular flexibility index (Phi) is 7.44. The number of hydrogen-bond acceptors (Lipinski definition) is 1. The highest BCUT2D eigenvalue weighted by Gasteiger charge is 2.22. The molecule has 5 aromatic heterocycles. The van der Waals surface area contributed by atoms with Crippen LogP contribution in [0.1, 0.15) is 0 Å². The molecule has 15 rings (SSSR count). The van der Waals surface area contributed by atoms with Crippen molar-refractivity contribution in [2.45, 2.75) is 0 Å². The highest BCUT2D eigenvalue weighted by atomic mass is 16.3. The van der Waals surface area contributed by atoms with Crippen molar-refractivity contribution < 1.29 is 4.42 Å². The molecule has 0 aliphatic heterocycles. The van der Waals surface area contributed by atoms with E-state index >= 15 is 0 Å². The van der Waals surface area contributed by atoms with Crippen LogP contribution in [0.15, 0.2) is 235 Å². The topological polar surface area (TPSA) is 32.9 Å². The lowest BCUT2D eigenvalue weighted by molar-refractivity contribution is 0.645. The van der Waals surface area contributed by atoms with Crippen LogP contribution in [0.25, 0.3) is 132 Å². The predicted octanol–water partition coefficient (Wildman–Crippen LogP) is 16.5. The first kappa shape index (κ1) is 36.3. The fourth-order valence-corrected chi connectivity index (χ4v) is 11.3. The second-order valence-corrected chi connectivity index (χ2v) is 17.7. The first-order valence-corrected chi connectivity index (χ1v) is 22.9. The van der Waals surface area contributed by atoms with E-state index in [2.05, 4.69) is 243 Å². The zero-order chi connectivity index (χ0) is 43.7. The Morgan fingerprint density at radius 3 is 1.18 bits per heavy atom. The van der Waals surface area contributed by atoms with Gasteiger partial charge in [-0.3, -0.25) is 4.57 Å². The van der Waals surface area contributed by atoms with Crippen molar-refractivity contribution in [2.75, 3.05) is 0 Å². The van der Waals surface area contributed by atoms with Gasteiger partial charge in [0.1, 0.15) is 5.58 Å². The van der Waals surface area contributed by atoms with Crippen LogP contribution in [-0.2, 0) is 0 Å². The van der Waals surface area contributed by atoms with E-state index in [1.807, 2.05) is 6.07 Å². The van der Waals surface area contributed by atoms with Gasteiger partial charge < -0.3 is 18.1 Å². The van der Waals surface area contributed by atoms with Gasteiger partial charge in [0.25, 0.3) is 0 Å². The molecule has 0 saturated carbocycles. The standard InChI is InChI=1S/C62H38N4O/c1-2-14-41(15-3-1)66-59-33-28-40(36-52(59)61-49-20-8-13-25-60(49)67-62(61)66)39-26-29-42(30-27-39)63-57-34-31-43(64-53-21-9-4-16-45(53)46-17-5-10-22-54(46)64)37-50(57)51-38-44(32-35-58(51)63)65-55-23-11-6-18-47(55)48-19-7-12-24-56(48)65/h1-38H. The number of furan rings is 1. The summed E-state index contributed by atoms with van der Waals surface area (Å²) in [5.41, 5.74) is 16.8. The van der Waals surface area contributed by atoms with Gasteiger partial charge in [0.2, 0.25) is 5.71 Å². The van der Waals surface area contributed by atoms with E-state index in [0.717, 1.165) is 72.5 Å². The van der Waals surface area contributed by atoms with Crippen LogP contribution >= 0.6 is 0 Å². The van der Waals surface area contributed by atoms with Crippen molar-refractivity contribution in [3.8, 4) is 33.9 Å². The van der Waals surface area contributed by atoms with Gasteiger partial charge in [0.05, 0.1) is 44.0 Å². The molecule has 5 nitrogen and oxygen atoms in total. The van der Waals surface area contributed by atoms with Gasteiger partial charge in [-0.25, -0.2) is 0 Å². The summed E-state index contributed by atoms with van der Waals surface area (Å²) >= 11 is 0. The summed E-state index contributed by atoms with van der Waals surface area (Å²) in [5, 5.41) is 10.9. The van der Waals surface area contributed by atoms with Crippen LogP contribution in [0.2, 0.25) is 0 Å². The number of para-hydroxylation sites is 6. The number of rotatable bonds is 5. The van der Waals surface area contributed by atoms with Crippen LogP contribution in [0.4, 0.5) is 0 Å². The maximum Gasteiger partial charge on any atom is 0.213 e. The highest BCUT2D eigenvalue weighted by Crippen LogP contribution is 2.42. The molecule has 5 heteroatoms. The van der Waals surface area contributed by atoms with Crippen molar-refractivity contribution in [2.24, 2.45) is 0 Å². The Morgan fingerprint density at radius 1 is 0.239 bits per heavy atom. The molecule has 0 N–H and O–H groups in total. The zero-order valence-electron chi connectivity index (χ0n) is 36.1. The van der Waals surface area contributed by atoms with Crippen LogP contribution < -0.4 is 0 Å². The minimum Gasteiger partial charge on any atom is -0.439 e. The first-order valence-electron chi connectivity index (χ1n) is 22.9. The van der Waals surface area contributed by atoms with E-state index < -0.39 is 0 Å². The Hall–Kier alpha value is -9.06. The lowest BCUT2D eigenvalue weighted by Gasteiger charge is -2.12. The average Bonchev–Trinajstić information content (AvgIpc) is 4.19. The van der Waals surface area contributed by atoms with Gasteiger partial charge in [-0.05, 0) is 114 Å². The van der Waals surface area contributed by atoms with Crippen LogP contribution in [0.5, 0.6) is 0 Å². The van der Waals surface area contributed by atoms with Gasteiger partial charge in [0, 0.05) is 65.8 Å². The summed E-state index contributed by atoms with van der Waals surface area (Å²) in [6, 6.07) is 83.8. The molecule has 5 heterocycles. The Morgan fingerprint density at radius 2 is 0.627 bits per heavy atom. The molecule has 0 spiro atoms. The fourth-order valence-electron chi connectivity index (χ4n) is 11.3. The molecule has 15 aromatic rings. The molecule has 67 heavy (non-hydrogen) atoms. The number of fused-ring (bicyclic) bond motifs is 14. The van der Waals surface area contributed by atoms with Crippen molar-refractivity contribution in [1.82, 2.24) is 18.3 Å². The van der Waals surface area contributed by atoms with E-state index in [1.54, 1.807) is 0 Å². The van der Waals surface area contributed by atoms with Crippen LogP contribution in [0, 0.1) is 0 Å². The average molecular weight is 855 g/mol. The summed E-state index contributed by atoms with van der Waals surface area (Å²) in [6.45, 7) is 0. The summed E-state index contributed by atoms with van der Waals surface area (Å²) in [7, 11) is 0. The molecule has 10 aromatic carbocycles. The third-order valence-corrected chi connectivity index (χ3v) is 14.2. The number of nitrogens with zero attached hydrogens (tertiary/aromatic N) is 4. The molecular weight excluding hydrogens is 817 g/mol. The number of hydrogen-bond donors (Lipinski definition) is 0. The van der Waals surface area contributed by atoms with Gasteiger partial charge in [0.15, 0.2) is 0 Å². The highest BCUT2D eigenvalue weighted by molar-refractivity contribution is 6.21. The molecule has 0 saturated heterocycles. The molecule has 312 valence electrons. The third kappa shape index (κ3) is 5.14. The first-order chi connectivity index (χ1) is 33.2. The summed E-state index contributed by atoms with van der Waals surface area (Å²) in [4.78, 5) is 0. The van der Waals surface area contributed by atoms with Gasteiger partial charge in [-0.15, -0.1) is 0 Å². The molecule has 0 aliphatic carbocycles. The fraction of sp³-hybridized carbons (Fsp3) is 0. The third-order valence-electron chi connectivity index (χ3n) is 14.2. The minimum absolute atomic E-state index is 0.865. The number of aromatic nitrogens is 4. The number of benzene rings is 10. The molecule has 0 aliphatic rings. The normalized spacial score (nSPS) is 12.2.